The third-order valence-corrected chi connectivity index (χ3v) is 8.31. The monoisotopic (exact) mass is 494 g/mol. The molecule has 1 aliphatic heterocycles. The molecular formula is C21H20ClFN4O3S2. The summed E-state index contributed by atoms with van der Waals surface area (Å²) in [5.74, 6) is -0.289. The third kappa shape index (κ3) is 4.67. The van der Waals surface area contributed by atoms with Crippen LogP contribution in [0.5, 0.6) is 0 Å². The van der Waals surface area contributed by atoms with Crippen molar-refractivity contribution in [2.45, 2.75) is 17.6 Å². The second-order valence-electron chi connectivity index (χ2n) is 7.42. The molecular weight excluding hydrogens is 475 g/mol. The molecule has 1 atom stereocenters. The van der Waals surface area contributed by atoms with Gasteiger partial charge in [0.25, 0.3) is 0 Å². The minimum atomic E-state index is -3.10. The Labute approximate surface area is 194 Å². The molecule has 1 amide bonds. The molecule has 7 nitrogen and oxygen atoms in total. The van der Waals surface area contributed by atoms with E-state index in [1.54, 1.807) is 49.5 Å². The number of para-hydroxylation sites is 1. The van der Waals surface area contributed by atoms with E-state index in [4.69, 9.17) is 11.6 Å². The van der Waals surface area contributed by atoms with Crippen LogP contribution in [0.15, 0.2) is 53.7 Å². The van der Waals surface area contributed by atoms with Gasteiger partial charge >= 0.3 is 0 Å². The Balaban J connectivity index is 1.63. The molecule has 0 aliphatic carbocycles. The van der Waals surface area contributed by atoms with Crippen LogP contribution in [-0.4, -0.2) is 64.3 Å². The Kier molecular flexibility index (Phi) is 6.55. The van der Waals surface area contributed by atoms with Crippen molar-refractivity contribution in [1.82, 2.24) is 19.7 Å². The van der Waals surface area contributed by atoms with Crippen LogP contribution >= 0.6 is 23.4 Å². The summed E-state index contributed by atoms with van der Waals surface area (Å²) in [7, 11) is -1.50. The number of aromatic nitrogens is 3. The third-order valence-electron chi connectivity index (χ3n) is 5.32. The molecule has 1 fully saturated rings. The van der Waals surface area contributed by atoms with E-state index in [1.165, 1.54) is 15.5 Å². The Morgan fingerprint density at radius 3 is 2.62 bits per heavy atom. The van der Waals surface area contributed by atoms with Crippen molar-refractivity contribution in [3.05, 3.63) is 59.4 Å². The van der Waals surface area contributed by atoms with Crippen molar-refractivity contribution >= 4 is 39.1 Å². The van der Waals surface area contributed by atoms with E-state index in [1.807, 2.05) is 0 Å². The number of halogens is 2. The molecule has 0 N–H and O–H groups in total. The number of hydrogen-bond acceptors (Lipinski definition) is 6. The number of nitrogens with zero attached hydrogens (tertiary/aromatic N) is 4. The molecule has 1 aromatic heterocycles. The summed E-state index contributed by atoms with van der Waals surface area (Å²) in [6.45, 7) is 0. The first-order chi connectivity index (χ1) is 15.3. The average molecular weight is 495 g/mol. The zero-order chi connectivity index (χ0) is 22.9. The number of amides is 1. The molecule has 32 heavy (non-hydrogen) atoms. The quantitative estimate of drug-likeness (QED) is 0.488. The Morgan fingerprint density at radius 1 is 1.22 bits per heavy atom. The lowest BCUT2D eigenvalue weighted by Gasteiger charge is -2.23. The van der Waals surface area contributed by atoms with Crippen LogP contribution in [0.3, 0.4) is 0 Å². The lowest BCUT2D eigenvalue weighted by molar-refractivity contribution is -0.128. The zero-order valence-corrected chi connectivity index (χ0v) is 19.5. The smallest absolute Gasteiger partial charge is 0.233 e. The molecule has 0 saturated carbocycles. The molecule has 168 valence electrons. The van der Waals surface area contributed by atoms with Crippen molar-refractivity contribution in [2.75, 3.05) is 24.3 Å². The minimum absolute atomic E-state index is 0.00214. The predicted octanol–water partition coefficient (Wildman–Crippen LogP) is 3.46. The molecule has 2 aromatic carbocycles. The minimum Gasteiger partial charge on any atom is -0.341 e. The standard InChI is InChI=1S/C21H20ClFN4O3S2/c1-26(14-10-11-32(29,30)13-14)19(28)12-31-21-25-24-20(15-6-2-3-7-16(15)22)27(21)18-9-5-4-8-17(18)23/h2-9,14H,10-13H2,1H3. The fraction of sp³-hybridized carbons (Fsp3) is 0.286. The Hall–Kier alpha value is -2.43. The molecule has 1 unspecified atom stereocenters. The van der Waals surface area contributed by atoms with Gasteiger partial charge in [0, 0.05) is 18.7 Å². The van der Waals surface area contributed by atoms with Gasteiger partial charge in [0.15, 0.2) is 20.8 Å². The zero-order valence-electron chi connectivity index (χ0n) is 17.1. The first-order valence-corrected chi connectivity index (χ1v) is 13.0. The average Bonchev–Trinajstić information content (AvgIpc) is 3.35. The summed E-state index contributed by atoms with van der Waals surface area (Å²) in [5.41, 5.74) is 0.814. The topological polar surface area (TPSA) is 85.2 Å². The van der Waals surface area contributed by atoms with E-state index in [2.05, 4.69) is 10.2 Å². The van der Waals surface area contributed by atoms with Crippen molar-refractivity contribution < 1.29 is 17.6 Å². The largest absolute Gasteiger partial charge is 0.341 e. The second kappa shape index (κ2) is 9.21. The summed E-state index contributed by atoms with van der Waals surface area (Å²) in [6, 6.07) is 12.9. The van der Waals surface area contributed by atoms with Crippen LogP contribution in [0.4, 0.5) is 4.39 Å². The van der Waals surface area contributed by atoms with E-state index < -0.39 is 15.7 Å². The molecule has 2 heterocycles. The Bertz CT molecular complexity index is 1270. The van der Waals surface area contributed by atoms with Crippen molar-refractivity contribution in [3.8, 4) is 17.1 Å². The fourth-order valence-corrected chi connectivity index (χ4v) is 6.41. The maximum absolute atomic E-state index is 14.7. The number of sulfone groups is 1. The number of benzene rings is 2. The number of rotatable bonds is 6. The van der Waals surface area contributed by atoms with Crippen LogP contribution in [0.25, 0.3) is 17.1 Å². The summed E-state index contributed by atoms with van der Waals surface area (Å²) in [4.78, 5) is 14.2. The van der Waals surface area contributed by atoms with Gasteiger partial charge in [0.1, 0.15) is 5.82 Å². The highest BCUT2D eigenvalue weighted by Gasteiger charge is 2.33. The summed E-state index contributed by atoms with van der Waals surface area (Å²) >= 11 is 7.45. The predicted molar refractivity (Wildman–Crippen MR) is 122 cm³/mol. The van der Waals surface area contributed by atoms with Gasteiger partial charge in [0.05, 0.1) is 28.0 Å². The van der Waals surface area contributed by atoms with Gasteiger partial charge in [-0.3, -0.25) is 9.36 Å². The first kappa shape index (κ1) is 22.8. The summed E-state index contributed by atoms with van der Waals surface area (Å²) in [6.07, 6.45) is 0.428. The first-order valence-electron chi connectivity index (χ1n) is 9.81. The molecule has 0 spiro atoms. The normalized spacial score (nSPS) is 17.4. The van der Waals surface area contributed by atoms with Crippen molar-refractivity contribution in [1.29, 1.82) is 0 Å². The highest BCUT2D eigenvalue weighted by atomic mass is 35.5. The Morgan fingerprint density at radius 2 is 1.94 bits per heavy atom. The van der Waals surface area contributed by atoms with Gasteiger partial charge in [-0.05, 0) is 30.7 Å². The van der Waals surface area contributed by atoms with E-state index >= 15 is 0 Å². The summed E-state index contributed by atoms with van der Waals surface area (Å²) in [5, 5.41) is 9.17. The summed E-state index contributed by atoms with van der Waals surface area (Å²) < 4.78 is 39.7. The maximum Gasteiger partial charge on any atom is 0.233 e. The number of carbonyl (C=O) groups is 1. The van der Waals surface area contributed by atoms with E-state index in [9.17, 15) is 17.6 Å². The van der Waals surface area contributed by atoms with Gasteiger partial charge in [-0.1, -0.05) is 47.6 Å². The molecule has 0 radical (unpaired) electrons. The highest BCUT2D eigenvalue weighted by Crippen LogP contribution is 2.33. The number of carbonyl (C=O) groups excluding carboxylic acids is 1. The fourth-order valence-electron chi connectivity index (χ4n) is 3.54. The molecule has 1 aliphatic rings. The molecule has 3 aromatic rings. The van der Waals surface area contributed by atoms with Crippen molar-refractivity contribution in [2.24, 2.45) is 0 Å². The van der Waals surface area contributed by atoms with E-state index in [-0.39, 0.29) is 34.9 Å². The van der Waals surface area contributed by atoms with Gasteiger partial charge in [0.2, 0.25) is 5.91 Å². The highest BCUT2D eigenvalue weighted by molar-refractivity contribution is 7.99. The lowest BCUT2D eigenvalue weighted by Crippen LogP contribution is -2.38. The van der Waals surface area contributed by atoms with Gasteiger partial charge < -0.3 is 4.90 Å². The van der Waals surface area contributed by atoms with Crippen LogP contribution in [0, 0.1) is 5.82 Å². The van der Waals surface area contributed by atoms with E-state index in [0.29, 0.717) is 28.0 Å². The molecule has 11 heteroatoms. The number of thioether (sulfide) groups is 1. The number of hydrogen-bond donors (Lipinski definition) is 0. The van der Waals surface area contributed by atoms with Crippen LogP contribution in [0.1, 0.15) is 6.42 Å². The van der Waals surface area contributed by atoms with Gasteiger partial charge in [-0.15, -0.1) is 10.2 Å². The van der Waals surface area contributed by atoms with Gasteiger partial charge in [-0.25, -0.2) is 12.8 Å². The van der Waals surface area contributed by atoms with E-state index in [0.717, 1.165) is 11.8 Å². The van der Waals surface area contributed by atoms with Crippen LogP contribution in [-0.2, 0) is 14.6 Å². The lowest BCUT2D eigenvalue weighted by atomic mass is 10.2. The van der Waals surface area contributed by atoms with Crippen LogP contribution < -0.4 is 0 Å². The maximum atomic E-state index is 14.7. The second-order valence-corrected chi connectivity index (χ2v) is 11.0. The van der Waals surface area contributed by atoms with Crippen LogP contribution in [0.2, 0.25) is 5.02 Å². The molecule has 1 saturated heterocycles. The van der Waals surface area contributed by atoms with Gasteiger partial charge in [-0.2, -0.15) is 0 Å². The molecule has 0 bridgehead atoms. The molecule has 4 rings (SSSR count). The van der Waals surface area contributed by atoms with Crippen molar-refractivity contribution in [3.63, 3.8) is 0 Å². The SMILES string of the molecule is CN(C(=O)CSc1nnc(-c2ccccc2Cl)n1-c1ccccc1F)C1CCS(=O)(=O)C1.